The summed E-state index contributed by atoms with van der Waals surface area (Å²) in [5, 5.41) is 10.4. The van der Waals surface area contributed by atoms with Crippen LogP contribution in [0.15, 0.2) is 12.2 Å². The van der Waals surface area contributed by atoms with E-state index in [1.165, 1.54) is 0 Å². The summed E-state index contributed by atoms with van der Waals surface area (Å²) in [6.45, 7) is 16.8. The summed E-state index contributed by atoms with van der Waals surface area (Å²) in [7, 11) is -0.287. The summed E-state index contributed by atoms with van der Waals surface area (Å²) in [5.74, 6) is 0. The quantitative estimate of drug-likeness (QED) is 0.457. The monoisotopic (exact) mass is 288 g/mol. The van der Waals surface area contributed by atoms with Crippen LogP contribution < -0.4 is 0 Å². The molecular weight excluding hydrogens is 256 g/mol. The van der Waals surface area contributed by atoms with Gasteiger partial charge in [-0.1, -0.05) is 46.8 Å². The Labute approximate surface area is 120 Å². The van der Waals surface area contributed by atoms with Gasteiger partial charge in [0.1, 0.15) is 0 Å². The van der Waals surface area contributed by atoms with E-state index in [2.05, 4.69) is 33.9 Å². The van der Waals surface area contributed by atoms with Crippen molar-refractivity contribution < 1.29 is 14.3 Å². The van der Waals surface area contributed by atoms with Crippen LogP contribution in [0.25, 0.3) is 0 Å². The zero-order chi connectivity index (χ0) is 15.5. The molecule has 1 N–H and O–H groups in total. The first-order valence-corrected chi connectivity index (χ1v) is 9.82. The van der Waals surface area contributed by atoms with Crippen LogP contribution in [-0.4, -0.2) is 32.9 Å². The van der Waals surface area contributed by atoms with E-state index in [4.69, 9.17) is 9.16 Å². The maximum atomic E-state index is 10.2. The van der Waals surface area contributed by atoms with Gasteiger partial charge in [0.2, 0.25) is 0 Å². The number of rotatable bonds is 6. The van der Waals surface area contributed by atoms with Crippen molar-refractivity contribution in [3.8, 4) is 0 Å². The molecule has 0 bridgehead atoms. The minimum atomic E-state index is -1.93. The molecule has 0 aliphatic carbocycles. The van der Waals surface area contributed by atoms with E-state index in [9.17, 15) is 5.11 Å². The van der Waals surface area contributed by atoms with Gasteiger partial charge in [-0.25, -0.2) is 0 Å². The Kier molecular flexibility index (Phi) is 6.47. The largest absolute Gasteiger partial charge is 0.392 e. The molecule has 0 aliphatic rings. The van der Waals surface area contributed by atoms with Gasteiger partial charge >= 0.3 is 0 Å². The van der Waals surface area contributed by atoms with Gasteiger partial charge < -0.3 is 14.3 Å². The molecule has 0 aromatic carbocycles. The first kappa shape index (κ1) is 18.8. The molecule has 0 heterocycles. The molecule has 114 valence electrons. The summed E-state index contributed by atoms with van der Waals surface area (Å²) in [5.41, 5.74) is -0.489. The van der Waals surface area contributed by atoms with Crippen molar-refractivity contribution in [2.75, 3.05) is 7.11 Å². The van der Waals surface area contributed by atoms with E-state index < -0.39 is 26.1 Å². The molecule has 0 saturated heterocycles. The van der Waals surface area contributed by atoms with E-state index in [0.29, 0.717) is 0 Å². The molecule has 2 atom stereocenters. The van der Waals surface area contributed by atoms with Crippen molar-refractivity contribution in [1.29, 1.82) is 0 Å². The maximum Gasteiger partial charge on any atom is 0.195 e. The van der Waals surface area contributed by atoms with E-state index >= 15 is 0 Å². The molecule has 0 aliphatic heterocycles. The normalized spacial score (nSPS) is 17.8. The minimum Gasteiger partial charge on any atom is -0.392 e. The van der Waals surface area contributed by atoms with Crippen LogP contribution in [0.2, 0.25) is 18.1 Å². The van der Waals surface area contributed by atoms with Crippen LogP contribution in [0.1, 0.15) is 41.5 Å². The summed E-state index contributed by atoms with van der Waals surface area (Å²) in [4.78, 5) is 0. The van der Waals surface area contributed by atoms with Gasteiger partial charge in [-0.05, 0) is 25.1 Å². The third-order valence-electron chi connectivity index (χ3n) is 4.17. The van der Waals surface area contributed by atoms with Gasteiger partial charge in [-0.3, -0.25) is 0 Å². The number of hydrogen-bond acceptors (Lipinski definition) is 3. The van der Waals surface area contributed by atoms with Gasteiger partial charge in [-0.15, -0.1) is 0 Å². The number of methoxy groups -OCH3 is 1. The highest BCUT2D eigenvalue weighted by Crippen LogP contribution is 2.40. The third kappa shape index (κ3) is 4.70. The summed E-state index contributed by atoms with van der Waals surface area (Å²) in [6.07, 6.45) is 2.62. The predicted octanol–water partition coefficient (Wildman–Crippen LogP) is 3.94. The molecule has 0 aromatic heterocycles. The van der Waals surface area contributed by atoms with Crippen LogP contribution in [0.5, 0.6) is 0 Å². The minimum absolute atomic E-state index is 0.116. The van der Waals surface area contributed by atoms with Gasteiger partial charge in [0.25, 0.3) is 0 Å². The molecule has 1 unspecified atom stereocenters. The van der Waals surface area contributed by atoms with Crippen molar-refractivity contribution in [2.24, 2.45) is 5.41 Å². The first-order valence-electron chi connectivity index (χ1n) is 6.91. The lowest BCUT2D eigenvalue weighted by Gasteiger charge is -2.44. The standard InChI is InChI=1S/C15H32O3Si/c1-10-11-12(16)15(5,6)13(17-7)18-19(8,9)14(2,3)4/h10-13,16H,1-9H3/b11-10+/t12-,13?/m0/s1. The van der Waals surface area contributed by atoms with Crippen LogP contribution in [0.4, 0.5) is 0 Å². The van der Waals surface area contributed by atoms with Crippen molar-refractivity contribution >= 4 is 8.32 Å². The Morgan fingerprint density at radius 1 is 1.11 bits per heavy atom. The molecular formula is C15H32O3Si. The van der Waals surface area contributed by atoms with Crippen LogP contribution in [0.3, 0.4) is 0 Å². The average Bonchev–Trinajstić information content (AvgIpc) is 2.24. The molecule has 4 heteroatoms. The van der Waals surface area contributed by atoms with Crippen molar-refractivity contribution in [3.05, 3.63) is 12.2 Å². The molecule has 0 aromatic rings. The van der Waals surface area contributed by atoms with Crippen molar-refractivity contribution in [1.82, 2.24) is 0 Å². The van der Waals surface area contributed by atoms with Crippen molar-refractivity contribution in [3.63, 3.8) is 0 Å². The second-order valence-electron chi connectivity index (χ2n) is 7.24. The number of allylic oxidation sites excluding steroid dienone is 1. The predicted molar refractivity (Wildman–Crippen MR) is 83.7 cm³/mol. The molecule has 0 amide bonds. The topological polar surface area (TPSA) is 38.7 Å². The smallest absolute Gasteiger partial charge is 0.195 e. The highest BCUT2D eigenvalue weighted by atomic mass is 28.4. The maximum absolute atomic E-state index is 10.2. The Morgan fingerprint density at radius 2 is 1.58 bits per heavy atom. The Balaban J connectivity index is 5.13. The van der Waals surface area contributed by atoms with Crippen LogP contribution in [-0.2, 0) is 9.16 Å². The zero-order valence-corrected chi connectivity index (χ0v) is 15.1. The highest BCUT2D eigenvalue weighted by Gasteiger charge is 2.45. The Bertz CT molecular complexity index is 303. The summed E-state index contributed by atoms with van der Waals surface area (Å²) >= 11 is 0. The fourth-order valence-electron chi connectivity index (χ4n) is 1.52. The second-order valence-corrected chi connectivity index (χ2v) is 12.0. The SMILES string of the molecule is C/C=C/[C@H](O)C(C)(C)C(OC)O[Si](C)(C)C(C)(C)C. The van der Waals surface area contributed by atoms with Crippen LogP contribution in [0, 0.1) is 5.41 Å². The second kappa shape index (κ2) is 6.53. The van der Waals surface area contributed by atoms with E-state index in [-0.39, 0.29) is 5.04 Å². The number of aliphatic hydroxyl groups is 1. The lowest BCUT2D eigenvalue weighted by atomic mass is 9.85. The highest BCUT2D eigenvalue weighted by molar-refractivity contribution is 6.74. The number of aliphatic hydroxyl groups excluding tert-OH is 1. The zero-order valence-electron chi connectivity index (χ0n) is 14.1. The number of hydrogen-bond donors (Lipinski definition) is 1. The molecule has 0 saturated carbocycles. The van der Waals surface area contributed by atoms with E-state index in [1.807, 2.05) is 26.8 Å². The Hall–Kier alpha value is -0.163. The fraction of sp³-hybridized carbons (Fsp3) is 0.867. The van der Waals surface area contributed by atoms with Gasteiger partial charge in [-0.2, -0.15) is 0 Å². The lowest BCUT2D eigenvalue weighted by Crippen LogP contribution is -2.51. The molecule has 0 spiro atoms. The first-order chi connectivity index (χ1) is 8.40. The lowest BCUT2D eigenvalue weighted by molar-refractivity contribution is -0.162. The average molecular weight is 289 g/mol. The molecule has 3 nitrogen and oxygen atoms in total. The molecule has 19 heavy (non-hydrogen) atoms. The number of ether oxygens (including phenoxy) is 1. The van der Waals surface area contributed by atoms with Crippen LogP contribution >= 0.6 is 0 Å². The summed E-state index contributed by atoms with van der Waals surface area (Å²) in [6, 6.07) is 0. The van der Waals surface area contributed by atoms with Gasteiger partial charge in [0.05, 0.1) is 6.10 Å². The van der Waals surface area contributed by atoms with E-state index in [1.54, 1.807) is 13.2 Å². The van der Waals surface area contributed by atoms with Crippen molar-refractivity contribution in [2.45, 2.75) is 72.1 Å². The molecule has 0 rings (SSSR count). The van der Waals surface area contributed by atoms with Gasteiger partial charge in [0, 0.05) is 12.5 Å². The fourth-order valence-corrected chi connectivity index (χ4v) is 2.81. The summed E-state index contributed by atoms with van der Waals surface area (Å²) < 4.78 is 11.8. The van der Waals surface area contributed by atoms with E-state index in [0.717, 1.165) is 0 Å². The molecule has 0 radical (unpaired) electrons. The van der Waals surface area contributed by atoms with Gasteiger partial charge in [0.15, 0.2) is 14.6 Å². The third-order valence-corrected chi connectivity index (χ3v) is 8.58. The Morgan fingerprint density at radius 3 is 1.89 bits per heavy atom. The molecule has 0 fully saturated rings.